The van der Waals surface area contributed by atoms with Crippen molar-refractivity contribution in [2.45, 2.75) is 130 Å². The smallest absolute Gasteiger partial charge is 0.0334 e. The second kappa shape index (κ2) is 16.4. The van der Waals surface area contributed by atoms with E-state index in [1.165, 1.54) is 83.5 Å². The van der Waals surface area contributed by atoms with Crippen LogP contribution in [0.25, 0.3) is 0 Å². The standard InChI is InChI=1S/C22H48N2/c1-6-11-14-15-16-17-18-21(23-9-4)22(24-10-5,19-12-7-2)20-13-8-3/h21,23-24H,6-20H2,1-5H3. The fraction of sp³-hybridized carbons (Fsp3) is 1.00. The van der Waals surface area contributed by atoms with Gasteiger partial charge in [0.05, 0.1) is 0 Å². The van der Waals surface area contributed by atoms with Crippen molar-refractivity contribution in [3.05, 3.63) is 0 Å². The van der Waals surface area contributed by atoms with Crippen molar-refractivity contribution in [2.24, 2.45) is 0 Å². The number of nitrogens with one attached hydrogen (secondary N) is 2. The fourth-order valence-corrected chi connectivity index (χ4v) is 4.06. The second-order valence-corrected chi connectivity index (χ2v) is 7.56. The molecule has 0 aliphatic carbocycles. The molecule has 0 aromatic rings. The van der Waals surface area contributed by atoms with Crippen LogP contribution in [0.3, 0.4) is 0 Å². The largest absolute Gasteiger partial charge is 0.312 e. The third kappa shape index (κ3) is 10.0. The van der Waals surface area contributed by atoms with E-state index in [1.54, 1.807) is 0 Å². The lowest BCUT2D eigenvalue weighted by atomic mass is 9.78. The summed E-state index contributed by atoms with van der Waals surface area (Å²) in [5.41, 5.74) is 0.306. The Hall–Kier alpha value is -0.0800. The molecular formula is C22H48N2. The predicted molar refractivity (Wildman–Crippen MR) is 111 cm³/mol. The molecule has 0 radical (unpaired) electrons. The number of hydrogen-bond donors (Lipinski definition) is 2. The lowest BCUT2D eigenvalue weighted by molar-refractivity contribution is 0.184. The van der Waals surface area contributed by atoms with Crippen molar-refractivity contribution in [1.82, 2.24) is 10.6 Å². The van der Waals surface area contributed by atoms with Gasteiger partial charge in [-0.1, -0.05) is 98.8 Å². The summed E-state index contributed by atoms with van der Waals surface area (Å²) in [5.74, 6) is 0. The minimum absolute atomic E-state index is 0.306. The number of hydrogen-bond acceptors (Lipinski definition) is 2. The fourth-order valence-electron chi connectivity index (χ4n) is 4.06. The Morgan fingerprint density at radius 1 is 0.625 bits per heavy atom. The summed E-state index contributed by atoms with van der Waals surface area (Å²) in [7, 11) is 0. The first-order chi connectivity index (χ1) is 11.7. The van der Waals surface area contributed by atoms with Gasteiger partial charge in [-0.25, -0.2) is 0 Å². The van der Waals surface area contributed by atoms with Crippen LogP contribution in [0.1, 0.15) is 118 Å². The van der Waals surface area contributed by atoms with E-state index in [1.807, 2.05) is 0 Å². The molecule has 2 heteroatoms. The van der Waals surface area contributed by atoms with E-state index in [9.17, 15) is 0 Å². The van der Waals surface area contributed by atoms with Crippen LogP contribution in [0.5, 0.6) is 0 Å². The molecule has 0 aromatic carbocycles. The summed E-state index contributed by atoms with van der Waals surface area (Å²) >= 11 is 0. The second-order valence-electron chi connectivity index (χ2n) is 7.56. The van der Waals surface area contributed by atoms with Crippen LogP contribution >= 0.6 is 0 Å². The van der Waals surface area contributed by atoms with Gasteiger partial charge in [0.1, 0.15) is 0 Å². The van der Waals surface area contributed by atoms with Gasteiger partial charge in [-0.2, -0.15) is 0 Å². The normalized spacial score (nSPS) is 13.4. The van der Waals surface area contributed by atoms with Gasteiger partial charge in [0, 0.05) is 11.6 Å². The maximum absolute atomic E-state index is 3.95. The molecule has 0 fully saturated rings. The predicted octanol–water partition coefficient (Wildman–Crippen LogP) is 6.44. The molecule has 0 aliphatic rings. The topological polar surface area (TPSA) is 24.1 Å². The molecule has 0 spiro atoms. The average molecular weight is 341 g/mol. The number of likely N-dealkylation sites (N-methyl/N-ethyl adjacent to an activating group) is 2. The van der Waals surface area contributed by atoms with Crippen LogP contribution in [0, 0.1) is 0 Å². The Morgan fingerprint density at radius 3 is 1.67 bits per heavy atom. The molecule has 24 heavy (non-hydrogen) atoms. The molecular weight excluding hydrogens is 292 g/mol. The highest BCUT2D eigenvalue weighted by molar-refractivity contribution is 4.98. The third-order valence-corrected chi connectivity index (χ3v) is 5.45. The number of unbranched alkanes of at least 4 members (excludes halogenated alkanes) is 7. The van der Waals surface area contributed by atoms with Crippen molar-refractivity contribution in [2.75, 3.05) is 13.1 Å². The van der Waals surface area contributed by atoms with Gasteiger partial charge in [0.15, 0.2) is 0 Å². The van der Waals surface area contributed by atoms with E-state index in [4.69, 9.17) is 0 Å². The van der Waals surface area contributed by atoms with E-state index in [2.05, 4.69) is 45.3 Å². The zero-order valence-electron chi connectivity index (χ0n) is 17.7. The minimum Gasteiger partial charge on any atom is -0.312 e. The van der Waals surface area contributed by atoms with E-state index in [-0.39, 0.29) is 0 Å². The highest BCUT2D eigenvalue weighted by atomic mass is 15.1. The molecule has 0 aromatic heterocycles. The molecule has 0 bridgehead atoms. The molecule has 0 amide bonds. The molecule has 146 valence electrons. The highest BCUT2D eigenvalue weighted by Crippen LogP contribution is 2.29. The Balaban J connectivity index is 4.78. The summed E-state index contributed by atoms with van der Waals surface area (Å²) in [5, 5.41) is 7.82. The molecule has 2 N–H and O–H groups in total. The summed E-state index contributed by atoms with van der Waals surface area (Å²) in [4.78, 5) is 0. The van der Waals surface area contributed by atoms with Crippen molar-refractivity contribution >= 4 is 0 Å². The van der Waals surface area contributed by atoms with E-state index >= 15 is 0 Å². The van der Waals surface area contributed by atoms with Crippen LogP contribution in [0.2, 0.25) is 0 Å². The third-order valence-electron chi connectivity index (χ3n) is 5.45. The maximum Gasteiger partial charge on any atom is 0.0334 e. The van der Waals surface area contributed by atoms with Crippen LogP contribution in [0.15, 0.2) is 0 Å². The van der Waals surface area contributed by atoms with E-state index in [0.29, 0.717) is 11.6 Å². The first kappa shape index (κ1) is 23.9. The van der Waals surface area contributed by atoms with Gasteiger partial charge in [0.2, 0.25) is 0 Å². The van der Waals surface area contributed by atoms with Crippen molar-refractivity contribution in [3.8, 4) is 0 Å². The molecule has 0 rings (SSSR count). The minimum atomic E-state index is 0.306. The maximum atomic E-state index is 3.95. The zero-order chi connectivity index (χ0) is 18.1. The first-order valence-corrected chi connectivity index (χ1v) is 11.2. The summed E-state index contributed by atoms with van der Waals surface area (Å²) in [6, 6.07) is 0.631. The van der Waals surface area contributed by atoms with Crippen LogP contribution in [-0.2, 0) is 0 Å². The molecule has 0 heterocycles. The van der Waals surface area contributed by atoms with E-state index < -0.39 is 0 Å². The molecule has 0 aliphatic heterocycles. The van der Waals surface area contributed by atoms with Crippen molar-refractivity contribution < 1.29 is 0 Å². The molecule has 1 atom stereocenters. The number of rotatable bonds is 18. The van der Waals surface area contributed by atoms with Gasteiger partial charge >= 0.3 is 0 Å². The lowest BCUT2D eigenvalue weighted by Crippen LogP contribution is -2.59. The quantitative estimate of drug-likeness (QED) is 0.280. The Bertz CT molecular complexity index is 244. The van der Waals surface area contributed by atoms with Crippen LogP contribution in [-0.4, -0.2) is 24.7 Å². The Morgan fingerprint density at radius 2 is 1.17 bits per heavy atom. The van der Waals surface area contributed by atoms with Crippen LogP contribution in [0.4, 0.5) is 0 Å². The molecule has 0 saturated carbocycles. The van der Waals surface area contributed by atoms with Crippen molar-refractivity contribution in [1.29, 1.82) is 0 Å². The van der Waals surface area contributed by atoms with Gasteiger partial charge < -0.3 is 10.6 Å². The van der Waals surface area contributed by atoms with Crippen LogP contribution < -0.4 is 10.6 Å². The van der Waals surface area contributed by atoms with Gasteiger partial charge in [-0.3, -0.25) is 0 Å². The van der Waals surface area contributed by atoms with Crippen molar-refractivity contribution in [3.63, 3.8) is 0 Å². The highest BCUT2D eigenvalue weighted by Gasteiger charge is 2.35. The lowest BCUT2D eigenvalue weighted by Gasteiger charge is -2.43. The molecule has 0 saturated heterocycles. The van der Waals surface area contributed by atoms with Gasteiger partial charge in [0.25, 0.3) is 0 Å². The summed E-state index contributed by atoms with van der Waals surface area (Å²) in [6.45, 7) is 13.7. The Labute approximate surface area is 154 Å². The average Bonchev–Trinajstić information content (AvgIpc) is 2.59. The first-order valence-electron chi connectivity index (χ1n) is 11.2. The zero-order valence-corrected chi connectivity index (χ0v) is 17.7. The summed E-state index contributed by atoms with van der Waals surface area (Å²) in [6.07, 6.45) is 17.7. The van der Waals surface area contributed by atoms with Gasteiger partial charge in [-0.05, 0) is 32.4 Å². The monoisotopic (exact) mass is 340 g/mol. The van der Waals surface area contributed by atoms with E-state index in [0.717, 1.165) is 13.1 Å². The molecule has 1 unspecified atom stereocenters. The SMILES string of the molecule is CCCCCCCCC(NCC)C(CCCC)(CCCC)NCC. The Kier molecular flexibility index (Phi) is 16.3. The van der Waals surface area contributed by atoms with Gasteiger partial charge in [-0.15, -0.1) is 0 Å². The summed E-state index contributed by atoms with van der Waals surface area (Å²) < 4.78 is 0. The molecule has 2 nitrogen and oxygen atoms in total.